The molecular formula is C13H9FN2. The molecule has 0 fully saturated rings. The molecule has 0 heterocycles. The maximum Gasteiger partial charge on any atom is 0.133 e. The smallest absolute Gasteiger partial charge is 0.133 e. The van der Waals surface area contributed by atoms with Gasteiger partial charge >= 0.3 is 0 Å². The molecule has 0 amide bonds. The van der Waals surface area contributed by atoms with Crippen molar-refractivity contribution in [3.8, 4) is 17.2 Å². The van der Waals surface area contributed by atoms with Gasteiger partial charge in [-0.15, -0.1) is 0 Å². The summed E-state index contributed by atoms with van der Waals surface area (Å²) in [4.78, 5) is 0. The molecule has 0 spiro atoms. The summed E-state index contributed by atoms with van der Waals surface area (Å²) in [6.45, 7) is 0. The molecule has 0 aliphatic heterocycles. The van der Waals surface area contributed by atoms with Crippen molar-refractivity contribution < 1.29 is 4.39 Å². The monoisotopic (exact) mass is 212 g/mol. The first kappa shape index (κ1) is 10.2. The van der Waals surface area contributed by atoms with Gasteiger partial charge in [-0.05, 0) is 35.9 Å². The van der Waals surface area contributed by atoms with Crippen LogP contribution in [-0.2, 0) is 0 Å². The Hall–Kier alpha value is -2.34. The molecule has 0 aliphatic carbocycles. The van der Waals surface area contributed by atoms with Crippen LogP contribution in [0.4, 0.5) is 10.1 Å². The van der Waals surface area contributed by atoms with Gasteiger partial charge < -0.3 is 5.73 Å². The Bertz CT molecular complexity index is 553. The van der Waals surface area contributed by atoms with Crippen molar-refractivity contribution >= 4 is 5.69 Å². The van der Waals surface area contributed by atoms with Crippen LogP contribution in [0.5, 0.6) is 0 Å². The number of nitriles is 1. The van der Waals surface area contributed by atoms with E-state index in [1.807, 2.05) is 6.07 Å². The predicted octanol–water partition coefficient (Wildman–Crippen LogP) is 2.95. The van der Waals surface area contributed by atoms with E-state index in [-0.39, 0.29) is 5.82 Å². The fourth-order valence-electron chi connectivity index (χ4n) is 1.49. The summed E-state index contributed by atoms with van der Waals surface area (Å²) >= 11 is 0. The first-order valence-corrected chi connectivity index (χ1v) is 4.76. The van der Waals surface area contributed by atoms with Crippen LogP contribution in [0.25, 0.3) is 11.1 Å². The van der Waals surface area contributed by atoms with E-state index in [9.17, 15) is 4.39 Å². The third-order valence-electron chi connectivity index (χ3n) is 2.32. The van der Waals surface area contributed by atoms with Crippen LogP contribution in [0.1, 0.15) is 5.56 Å². The summed E-state index contributed by atoms with van der Waals surface area (Å²) in [7, 11) is 0. The van der Waals surface area contributed by atoms with E-state index < -0.39 is 0 Å². The lowest BCUT2D eigenvalue weighted by atomic mass is 10.0. The number of nitrogen functional groups attached to an aromatic ring is 1. The average molecular weight is 212 g/mol. The molecule has 78 valence electrons. The lowest BCUT2D eigenvalue weighted by molar-refractivity contribution is 0.632. The summed E-state index contributed by atoms with van der Waals surface area (Å²) in [5.74, 6) is -0.357. The average Bonchev–Trinajstić information content (AvgIpc) is 2.29. The highest BCUT2D eigenvalue weighted by molar-refractivity contribution is 5.66. The van der Waals surface area contributed by atoms with E-state index in [2.05, 4.69) is 0 Å². The van der Waals surface area contributed by atoms with Gasteiger partial charge in [-0.25, -0.2) is 4.39 Å². The number of hydrogen-bond acceptors (Lipinski definition) is 2. The molecule has 2 aromatic rings. The molecular weight excluding hydrogens is 203 g/mol. The van der Waals surface area contributed by atoms with Crippen molar-refractivity contribution in [2.24, 2.45) is 0 Å². The molecule has 2 rings (SSSR count). The van der Waals surface area contributed by atoms with Crippen LogP contribution in [-0.4, -0.2) is 0 Å². The van der Waals surface area contributed by atoms with Gasteiger partial charge in [0.15, 0.2) is 0 Å². The number of rotatable bonds is 1. The molecule has 3 heteroatoms. The molecule has 0 atom stereocenters. The summed E-state index contributed by atoms with van der Waals surface area (Å²) in [5.41, 5.74) is 7.64. The minimum atomic E-state index is -0.357. The minimum absolute atomic E-state index is 0.357. The quantitative estimate of drug-likeness (QED) is 0.739. The van der Waals surface area contributed by atoms with Crippen LogP contribution in [0.15, 0.2) is 42.5 Å². The molecule has 0 bridgehead atoms. The summed E-state index contributed by atoms with van der Waals surface area (Å²) < 4.78 is 13.6. The fraction of sp³-hybridized carbons (Fsp3) is 0. The Labute approximate surface area is 92.8 Å². The molecule has 0 unspecified atom stereocenters. The molecule has 0 saturated heterocycles. The molecule has 2 nitrogen and oxygen atoms in total. The van der Waals surface area contributed by atoms with Gasteiger partial charge in [-0.3, -0.25) is 0 Å². The largest absolute Gasteiger partial charge is 0.399 e. The van der Waals surface area contributed by atoms with E-state index >= 15 is 0 Å². The normalized spacial score (nSPS) is 9.75. The molecule has 0 saturated carbocycles. The van der Waals surface area contributed by atoms with Crippen molar-refractivity contribution in [2.45, 2.75) is 0 Å². The predicted molar refractivity (Wildman–Crippen MR) is 61.0 cm³/mol. The summed E-state index contributed by atoms with van der Waals surface area (Å²) in [6.07, 6.45) is 0. The third-order valence-corrected chi connectivity index (χ3v) is 2.32. The van der Waals surface area contributed by atoms with Gasteiger partial charge in [0.05, 0.1) is 11.6 Å². The molecule has 0 radical (unpaired) electrons. The zero-order valence-electron chi connectivity index (χ0n) is 8.44. The Morgan fingerprint density at radius 2 is 1.75 bits per heavy atom. The maximum atomic E-state index is 13.6. The van der Waals surface area contributed by atoms with Crippen molar-refractivity contribution in [3.05, 3.63) is 53.8 Å². The Morgan fingerprint density at radius 1 is 1.06 bits per heavy atom. The van der Waals surface area contributed by atoms with Gasteiger partial charge in [-0.1, -0.05) is 12.1 Å². The van der Waals surface area contributed by atoms with Crippen LogP contribution >= 0.6 is 0 Å². The van der Waals surface area contributed by atoms with Crippen molar-refractivity contribution in [3.63, 3.8) is 0 Å². The van der Waals surface area contributed by atoms with Crippen LogP contribution in [0.2, 0.25) is 0 Å². The Kier molecular flexibility index (Phi) is 2.57. The zero-order chi connectivity index (χ0) is 11.5. The number of nitrogens with zero attached hydrogens (tertiary/aromatic N) is 1. The van der Waals surface area contributed by atoms with Gasteiger partial charge in [0, 0.05) is 11.3 Å². The van der Waals surface area contributed by atoms with Crippen LogP contribution in [0, 0.1) is 17.1 Å². The number of nitrogens with two attached hydrogens (primary N) is 1. The van der Waals surface area contributed by atoms with Crippen molar-refractivity contribution in [1.29, 1.82) is 5.26 Å². The number of hydrogen-bond donors (Lipinski definition) is 1. The second kappa shape index (κ2) is 4.03. The highest BCUT2D eigenvalue weighted by Gasteiger charge is 2.04. The topological polar surface area (TPSA) is 49.8 Å². The summed E-state index contributed by atoms with van der Waals surface area (Å²) in [5, 5.41) is 8.65. The van der Waals surface area contributed by atoms with Gasteiger partial charge in [0.25, 0.3) is 0 Å². The highest BCUT2D eigenvalue weighted by atomic mass is 19.1. The number of benzene rings is 2. The highest BCUT2D eigenvalue weighted by Crippen LogP contribution is 2.24. The Balaban J connectivity index is 2.47. The van der Waals surface area contributed by atoms with Crippen molar-refractivity contribution in [2.75, 3.05) is 5.73 Å². The second-order valence-electron chi connectivity index (χ2n) is 3.43. The molecule has 0 aromatic heterocycles. The van der Waals surface area contributed by atoms with E-state index in [1.54, 1.807) is 36.4 Å². The fourth-order valence-corrected chi connectivity index (χ4v) is 1.49. The SMILES string of the molecule is N#Cc1ccc(-c2ccc(N)cc2F)cc1. The van der Waals surface area contributed by atoms with Gasteiger partial charge in [0.1, 0.15) is 5.82 Å². The third kappa shape index (κ3) is 1.86. The number of anilines is 1. The van der Waals surface area contributed by atoms with Crippen LogP contribution < -0.4 is 5.73 Å². The minimum Gasteiger partial charge on any atom is -0.399 e. The zero-order valence-corrected chi connectivity index (χ0v) is 8.44. The maximum absolute atomic E-state index is 13.6. The second-order valence-corrected chi connectivity index (χ2v) is 3.43. The lowest BCUT2D eigenvalue weighted by Crippen LogP contribution is -1.89. The van der Waals surface area contributed by atoms with Crippen molar-refractivity contribution in [1.82, 2.24) is 0 Å². The molecule has 16 heavy (non-hydrogen) atoms. The number of halogens is 1. The Morgan fingerprint density at radius 3 is 2.31 bits per heavy atom. The van der Waals surface area contributed by atoms with E-state index in [0.717, 1.165) is 5.56 Å². The standard InChI is InChI=1S/C13H9FN2/c14-13-7-11(16)5-6-12(13)10-3-1-9(8-15)2-4-10/h1-7H,16H2. The molecule has 0 aliphatic rings. The van der Waals surface area contributed by atoms with E-state index in [1.165, 1.54) is 6.07 Å². The van der Waals surface area contributed by atoms with Gasteiger partial charge in [0.2, 0.25) is 0 Å². The lowest BCUT2D eigenvalue weighted by Gasteiger charge is -2.04. The van der Waals surface area contributed by atoms with E-state index in [4.69, 9.17) is 11.0 Å². The molecule has 2 N–H and O–H groups in total. The summed E-state index contributed by atoms with van der Waals surface area (Å²) in [6, 6.07) is 13.3. The molecule has 2 aromatic carbocycles. The van der Waals surface area contributed by atoms with E-state index in [0.29, 0.717) is 16.8 Å². The van der Waals surface area contributed by atoms with Crippen LogP contribution in [0.3, 0.4) is 0 Å². The van der Waals surface area contributed by atoms with Gasteiger partial charge in [-0.2, -0.15) is 5.26 Å². The first-order valence-electron chi connectivity index (χ1n) is 4.76. The first-order chi connectivity index (χ1) is 7.70.